The summed E-state index contributed by atoms with van der Waals surface area (Å²) in [4.78, 5) is 25.3. The van der Waals surface area contributed by atoms with Crippen LogP contribution >= 0.6 is 0 Å². The van der Waals surface area contributed by atoms with E-state index in [1.807, 2.05) is 0 Å². The summed E-state index contributed by atoms with van der Waals surface area (Å²) in [6.07, 6.45) is -1.30. The molecule has 2 amide bonds. The normalized spacial score (nSPS) is 12.9. The van der Waals surface area contributed by atoms with E-state index in [0.717, 1.165) is 23.5 Å². The minimum Gasteiger partial charge on any atom is -0.346 e. The van der Waals surface area contributed by atoms with Crippen molar-refractivity contribution in [1.82, 2.24) is 9.78 Å². The number of aryl methyl sites for hydroxylation is 1. The molecule has 0 fully saturated rings. The van der Waals surface area contributed by atoms with Crippen molar-refractivity contribution < 1.29 is 22.8 Å². The first-order valence-corrected chi connectivity index (χ1v) is 9.59. The molecule has 1 aliphatic rings. The Morgan fingerprint density at radius 1 is 1.06 bits per heavy atom. The molecule has 0 unspecified atom stereocenters. The van der Waals surface area contributed by atoms with Crippen LogP contribution in [0.15, 0.2) is 66.5 Å². The summed E-state index contributed by atoms with van der Waals surface area (Å²) >= 11 is 0. The number of benzene rings is 2. The van der Waals surface area contributed by atoms with Crippen molar-refractivity contribution in [2.24, 2.45) is 0 Å². The quantitative estimate of drug-likeness (QED) is 0.560. The molecule has 32 heavy (non-hydrogen) atoms. The van der Waals surface area contributed by atoms with Crippen LogP contribution in [0.5, 0.6) is 0 Å². The van der Waals surface area contributed by atoms with Gasteiger partial charge in [0.25, 0.3) is 11.8 Å². The fraction of sp³-hybridized carbons (Fsp3) is 0.136. The largest absolute Gasteiger partial charge is 0.416 e. The number of alkyl halides is 3. The fourth-order valence-corrected chi connectivity index (χ4v) is 3.16. The Morgan fingerprint density at radius 2 is 1.88 bits per heavy atom. The fourth-order valence-electron chi connectivity index (χ4n) is 3.16. The van der Waals surface area contributed by atoms with Gasteiger partial charge in [0.15, 0.2) is 0 Å². The van der Waals surface area contributed by atoms with Gasteiger partial charge in [-0.25, -0.2) is 4.68 Å². The van der Waals surface area contributed by atoms with E-state index in [4.69, 9.17) is 0 Å². The Balaban J connectivity index is 1.48. The van der Waals surface area contributed by atoms with E-state index in [2.05, 4.69) is 21.0 Å². The van der Waals surface area contributed by atoms with E-state index < -0.39 is 17.6 Å². The van der Waals surface area contributed by atoms with E-state index in [-0.39, 0.29) is 23.7 Å². The first kappa shape index (κ1) is 21.2. The van der Waals surface area contributed by atoms with Crippen molar-refractivity contribution in [1.29, 1.82) is 0 Å². The van der Waals surface area contributed by atoms with Gasteiger partial charge in [0, 0.05) is 29.2 Å². The first-order chi connectivity index (χ1) is 15.2. The number of rotatable bonds is 4. The molecule has 1 aliphatic heterocycles. The van der Waals surface area contributed by atoms with E-state index in [9.17, 15) is 22.8 Å². The van der Waals surface area contributed by atoms with Gasteiger partial charge < -0.3 is 16.0 Å². The van der Waals surface area contributed by atoms with Gasteiger partial charge in [0.2, 0.25) is 0 Å². The predicted molar refractivity (Wildman–Crippen MR) is 113 cm³/mol. The number of nitrogens with zero attached hydrogens (tertiary/aromatic N) is 2. The predicted octanol–water partition coefficient (Wildman–Crippen LogP) is 4.41. The maximum absolute atomic E-state index is 12.9. The van der Waals surface area contributed by atoms with Crippen LogP contribution < -0.4 is 16.0 Å². The third-order valence-electron chi connectivity index (χ3n) is 4.92. The molecule has 164 valence electrons. The van der Waals surface area contributed by atoms with Crippen LogP contribution in [0.25, 0.3) is 0 Å². The Labute approximate surface area is 180 Å². The average Bonchev–Trinajstić information content (AvgIpc) is 3.22. The summed E-state index contributed by atoms with van der Waals surface area (Å²) in [5, 5.41) is 12.3. The molecule has 2 heterocycles. The lowest BCUT2D eigenvalue weighted by molar-refractivity contribution is -0.137. The van der Waals surface area contributed by atoms with Gasteiger partial charge in [-0.15, -0.1) is 0 Å². The zero-order valence-electron chi connectivity index (χ0n) is 16.8. The summed E-state index contributed by atoms with van der Waals surface area (Å²) in [7, 11) is 0. The van der Waals surface area contributed by atoms with Crippen molar-refractivity contribution >= 4 is 29.0 Å². The van der Waals surface area contributed by atoms with Crippen LogP contribution in [0.4, 0.5) is 30.4 Å². The summed E-state index contributed by atoms with van der Waals surface area (Å²) in [5.41, 5.74) is 0.927. The van der Waals surface area contributed by atoms with Crippen molar-refractivity contribution in [3.63, 3.8) is 0 Å². The van der Waals surface area contributed by atoms with E-state index in [0.29, 0.717) is 11.3 Å². The van der Waals surface area contributed by atoms with Crippen LogP contribution in [0, 0.1) is 6.92 Å². The Kier molecular flexibility index (Phi) is 5.43. The SMILES string of the molecule is Cc1ccc(C(=O)Nc2cccc(C(F)(F)F)c2)cc1NC(=O)C1=CNc2ccnn2C1. The zero-order chi connectivity index (χ0) is 22.9. The number of fused-ring (bicyclic) bond motifs is 1. The van der Waals surface area contributed by atoms with Crippen molar-refractivity contribution in [2.45, 2.75) is 19.6 Å². The smallest absolute Gasteiger partial charge is 0.346 e. The summed E-state index contributed by atoms with van der Waals surface area (Å²) < 4.78 is 40.3. The zero-order valence-corrected chi connectivity index (χ0v) is 16.8. The second-order valence-electron chi connectivity index (χ2n) is 7.20. The molecule has 0 radical (unpaired) electrons. The van der Waals surface area contributed by atoms with Gasteiger partial charge in [-0.1, -0.05) is 12.1 Å². The lowest BCUT2D eigenvalue weighted by atomic mass is 10.1. The van der Waals surface area contributed by atoms with Crippen LogP contribution in [0.2, 0.25) is 0 Å². The molecule has 0 atom stereocenters. The minimum absolute atomic E-state index is 0.0180. The van der Waals surface area contributed by atoms with Crippen molar-refractivity contribution in [3.8, 4) is 0 Å². The third-order valence-corrected chi connectivity index (χ3v) is 4.92. The molecule has 0 bridgehead atoms. The highest BCUT2D eigenvalue weighted by molar-refractivity contribution is 6.07. The number of carbonyl (C=O) groups excluding carboxylic acids is 2. The summed E-state index contributed by atoms with van der Waals surface area (Å²) in [6.45, 7) is 2.05. The number of hydrogen-bond donors (Lipinski definition) is 3. The van der Waals surface area contributed by atoms with E-state index in [1.165, 1.54) is 24.3 Å². The highest BCUT2D eigenvalue weighted by atomic mass is 19.4. The van der Waals surface area contributed by atoms with Gasteiger partial charge >= 0.3 is 6.18 Å². The van der Waals surface area contributed by atoms with Crippen molar-refractivity contribution in [3.05, 3.63) is 83.2 Å². The molecule has 7 nitrogen and oxygen atoms in total. The lowest BCUT2D eigenvalue weighted by Crippen LogP contribution is -2.24. The molecule has 3 aromatic rings. The molecule has 1 aromatic heterocycles. The highest BCUT2D eigenvalue weighted by Crippen LogP contribution is 2.31. The standard InChI is InChI=1S/C22H18F3N5O2/c1-13-5-6-14(20(31)28-17-4-2-3-16(10-17)22(23,24)25)9-18(13)29-21(32)15-11-26-19-7-8-27-30(19)12-15/h2-11,26H,12H2,1H3,(H,28,31)(H,29,32). The van der Waals surface area contributed by atoms with Crippen molar-refractivity contribution in [2.75, 3.05) is 16.0 Å². The molecular formula is C22H18F3N5O2. The number of carbonyl (C=O) groups is 2. The molecular weight excluding hydrogens is 423 g/mol. The van der Waals surface area contributed by atoms with Crippen LogP contribution in [-0.2, 0) is 17.5 Å². The Morgan fingerprint density at radius 3 is 2.66 bits per heavy atom. The number of nitrogens with one attached hydrogen (secondary N) is 3. The lowest BCUT2D eigenvalue weighted by Gasteiger charge is -2.17. The van der Waals surface area contributed by atoms with Gasteiger partial charge in [-0.2, -0.15) is 18.3 Å². The minimum atomic E-state index is -4.51. The van der Waals surface area contributed by atoms with Gasteiger partial charge in [-0.05, 0) is 42.8 Å². The Bertz CT molecular complexity index is 1230. The number of anilines is 3. The van der Waals surface area contributed by atoms with Gasteiger partial charge in [0.1, 0.15) is 5.82 Å². The second-order valence-corrected chi connectivity index (χ2v) is 7.20. The number of hydrogen-bond acceptors (Lipinski definition) is 4. The number of amides is 2. The van der Waals surface area contributed by atoms with Crippen LogP contribution in [-0.4, -0.2) is 21.6 Å². The van der Waals surface area contributed by atoms with E-state index >= 15 is 0 Å². The number of aromatic nitrogens is 2. The van der Waals surface area contributed by atoms with E-state index in [1.54, 1.807) is 36.1 Å². The monoisotopic (exact) mass is 441 g/mol. The van der Waals surface area contributed by atoms with Gasteiger partial charge in [-0.3, -0.25) is 9.59 Å². The molecule has 4 rings (SSSR count). The number of halogens is 3. The maximum Gasteiger partial charge on any atom is 0.416 e. The third kappa shape index (κ3) is 4.48. The molecule has 3 N–H and O–H groups in total. The molecule has 0 spiro atoms. The maximum atomic E-state index is 12.9. The topological polar surface area (TPSA) is 88.1 Å². The van der Waals surface area contributed by atoms with Gasteiger partial charge in [0.05, 0.1) is 23.9 Å². The summed E-state index contributed by atoms with van der Waals surface area (Å²) in [6, 6.07) is 10.8. The molecule has 0 saturated carbocycles. The second kappa shape index (κ2) is 8.22. The van der Waals surface area contributed by atoms with Crippen LogP contribution in [0.3, 0.4) is 0 Å². The average molecular weight is 441 g/mol. The van der Waals surface area contributed by atoms with Crippen LogP contribution in [0.1, 0.15) is 21.5 Å². The Hall–Kier alpha value is -4.08. The molecule has 0 saturated heterocycles. The molecule has 10 heteroatoms. The first-order valence-electron chi connectivity index (χ1n) is 9.59. The molecule has 2 aromatic carbocycles. The molecule has 0 aliphatic carbocycles. The highest BCUT2D eigenvalue weighted by Gasteiger charge is 2.30. The summed E-state index contributed by atoms with van der Waals surface area (Å²) in [5.74, 6) is -0.192.